The van der Waals surface area contributed by atoms with Gasteiger partial charge < -0.3 is 25.4 Å². The summed E-state index contributed by atoms with van der Waals surface area (Å²) < 4.78 is 4.59. The van der Waals surface area contributed by atoms with Crippen molar-refractivity contribution in [1.29, 1.82) is 0 Å². The Kier molecular flexibility index (Phi) is 7.74. The largest absolute Gasteiger partial charge is 0.480 e. The van der Waals surface area contributed by atoms with E-state index in [0.717, 1.165) is 0 Å². The number of nitrogens with zero attached hydrogens (tertiary/aromatic N) is 2. The van der Waals surface area contributed by atoms with Crippen LogP contribution in [0.5, 0.6) is 0 Å². The van der Waals surface area contributed by atoms with Gasteiger partial charge in [0.1, 0.15) is 0 Å². The maximum Gasteiger partial charge on any atom is 0.322 e. The van der Waals surface area contributed by atoms with Crippen molar-refractivity contribution in [2.45, 2.75) is 6.29 Å². The fourth-order valence-electron chi connectivity index (χ4n) is 2.06. The second-order valence-corrected chi connectivity index (χ2v) is 4.93. The quantitative estimate of drug-likeness (QED) is 0.247. The van der Waals surface area contributed by atoms with Crippen LogP contribution < -0.4 is 5.32 Å². The van der Waals surface area contributed by atoms with Gasteiger partial charge in [0.2, 0.25) is 6.29 Å². The highest BCUT2D eigenvalue weighted by Gasteiger charge is 2.24. The van der Waals surface area contributed by atoms with Crippen molar-refractivity contribution in [3.63, 3.8) is 0 Å². The number of carboxylic acids is 2. The molecule has 10 nitrogen and oxygen atoms in total. The molecule has 0 amide bonds. The number of aliphatic hydroxyl groups excluding tert-OH is 1. The Bertz CT molecular complexity index is 388. The third-order valence-corrected chi connectivity index (χ3v) is 2.96. The van der Waals surface area contributed by atoms with E-state index in [1.54, 1.807) is 4.90 Å². The molecule has 1 unspecified atom stereocenters. The Balaban J connectivity index is 2.18. The van der Waals surface area contributed by atoms with Gasteiger partial charge in [-0.15, -0.1) is 0 Å². The number of carbonyl (C=O) groups is 3. The summed E-state index contributed by atoms with van der Waals surface area (Å²) in [6.45, 7) is 1.43. The molecule has 0 aromatic heterocycles. The van der Waals surface area contributed by atoms with Crippen molar-refractivity contribution in [1.82, 2.24) is 15.1 Å². The van der Waals surface area contributed by atoms with Gasteiger partial charge in [-0.1, -0.05) is 0 Å². The lowest BCUT2D eigenvalue weighted by molar-refractivity contribution is -0.183. The molecule has 126 valence electrons. The number of hydrogen-bond donors (Lipinski definition) is 4. The van der Waals surface area contributed by atoms with Gasteiger partial charge in [-0.25, -0.2) is 0 Å². The Hall–Kier alpha value is -1.75. The molecule has 0 aromatic carbocycles. The van der Waals surface area contributed by atoms with Crippen LogP contribution in [0.3, 0.4) is 0 Å². The second kappa shape index (κ2) is 9.30. The molecule has 0 aliphatic carbocycles. The lowest BCUT2D eigenvalue weighted by atomic mass is 10.3. The summed E-state index contributed by atoms with van der Waals surface area (Å²) in [7, 11) is 0. The van der Waals surface area contributed by atoms with E-state index < -0.39 is 24.2 Å². The van der Waals surface area contributed by atoms with Gasteiger partial charge in [-0.05, 0) is 0 Å². The van der Waals surface area contributed by atoms with Crippen LogP contribution in [-0.2, 0) is 19.1 Å². The summed E-state index contributed by atoms with van der Waals surface area (Å²) in [6.07, 6.45) is -1.11. The topological polar surface area (TPSA) is 140 Å². The number of cyclic esters (lactones) is 1. The van der Waals surface area contributed by atoms with Crippen molar-refractivity contribution in [2.24, 2.45) is 0 Å². The van der Waals surface area contributed by atoms with Gasteiger partial charge in [0.05, 0.1) is 26.2 Å². The second-order valence-electron chi connectivity index (χ2n) is 4.93. The van der Waals surface area contributed by atoms with E-state index >= 15 is 0 Å². The fourth-order valence-corrected chi connectivity index (χ4v) is 2.06. The highest BCUT2D eigenvalue weighted by Crippen LogP contribution is 2.02. The third-order valence-electron chi connectivity index (χ3n) is 2.96. The standard InChI is InChI=1S/C12H21N3O7/c16-9(17)5-14(6-10(18)19)3-1-13-2-4-15-7-11(20)22-12(21)8-15/h11,13,20H,1-8H2,(H,16,17)(H,18,19). The monoisotopic (exact) mass is 319 g/mol. The van der Waals surface area contributed by atoms with Gasteiger partial charge in [-0.2, -0.15) is 0 Å². The number of carbonyl (C=O) groups excluding carboxylic acids is 1. The minimum atomic E-state index is -1.11. The molecule has 4 N–H and O–H groups in total. The van der Waals surface area contributed by atoms with Crippen LogP contribution in [0, 0.1) is 0 Å². The summed E-state index contributed by atoms with van der Waals surface area (Å²) in [5.41, 5.74) is 0. The summed E-state index contributed by atoms with van der Waals surface area (Å²) in [6, 6.07) is 0. The van der Waals surface area contributed by atoms with Gasteiger partial charge in [0.15, 0.2) is 0 Å². The average molecular weight is 319 g/mol. The maximum absolute atomic E-state index is 11.1. The van der Waals surface area contributed by atoms with E-state index in [0.29, 0.717) is 19.6 Å². The molecule has 1 fully saturated rings. The summed E-state index contributed by atoms with van der Waals surface area (Å²) in [4.78, 5) is 35.4. The SMILES string of the molecule is O=C(O)CN(CCNCCN1CC(=O)OC(O)C1)CC(=O)O. The minimum Gasteiger partial charge on any atom is -0.480 e. The Morgan fingerprint density at radius 2 is 1.91 bits per heavy atom. The third kappa shape index (κ3) is 7.88. The number of nitrogens with one attached hydrogen (secondary N) is 1. The van der Waals surface area contributed by atoms with Gasteiger partial charge in [-0.3, -0.25) is 24.2 Å². The molecule has 0 spiro atoms. The Labute approximate surface area is 127 Å². The van der Waals surface area contributed by atoms with E-state index in [1.807, 2.05) is 0 Å². The molecular weight excluding hydrogens is 298 g/mol. The Morgan fingerprint density at radius 3 is 2.45 bits per heavy atom. The van der Waals surface area contributed by atoms with Crippen LogP contribution in [0.2, 0.25) is 0 Å². The van der Waals surface area contributed by atoms with Crippen molar-refractivity contribution in [2.75, 3.05) is 52.4 Å². The van der Waals surface area contributed by atoms with Crippen LogP contribution in [-0.4, -0.2) is 102 Å². The number of hydrogen-bond acceptors (Lipinski definition) is 8. The maximum atomic E-state index is 11.1. The number of rotatable bonds is 10. The van der Waals surface area contributed by atoms with E-state index in [-0.39, 0.29) is 32.7 Å². The molecule has 0 aromatic rings. The minimum absolute atomic E-state index is 0.114. The highest BCUT2D eigenvalue weighted by molar-refractivity contribution is 5.72. The number of esters is 1. The normalized spacial score (nSPS) is 19.2. The van der Waals surface area contributed by atoms with Gasteiger partial charge in [0, 0.05) is 26.2 Å². The van der Waals surface area contributed by atoms with Crippen LogP contribution in [0.4, 0.5) is 0 Å². The van der Waals surface area contributed by atoms with Gasteiger partial charge >= 0.3 is 17.9 Å². The lowest BCUT2D eigenvalue weighted by Gasteiger charge is -2.29. The van der Waals surface area contributed by atoms with Crippen LogP contribution in [0.1, 0.15) is 0 Å². The predicted octanol–water partition coefficient (Wildman–Crippen LogP) is -2.78. The van der Waals surface area contributed by atoms with E-state index in [2.05, 4.69) is 10.1 Å². The first-order chi connectivity index (χ1) is 10.4. The van der Waals surface area contributed by atoms with Crippen LogP contribution >= 0.6 is 0 Å². The summed E-state index contributed by atoms with van der Waals surface area (Å²) in [5.74, 6) is -2.64. The van der Waals surface area contributed by atoms with Crippen molar-refractivity contribution in [3.8, 4) is 0 Å². The molecule has 0 radical (unpaired) electrons. The molecule has 22 heavy (non-hydrogen) atoms. The first-order valence-electron chi connectivity index (χ1n) is 6.83. The molecule has 1 aliphatic heterocycles. The molecule has 1 rings (SSSR count). The lowest BCUT2D eigenvalue weighted by Crippen LogP contribution is -2.47. The van der Waals surface area contributed by atoms with Gasteiger partial charge in [0.25, 0.3) is 0 Å². The van der Waals surface area contributed by atoms with Crippen molar-refractivity contribution >= 4 is 17.9 Å². The molecular formula is C12H21N3O7. The molecule has 1 atom stereocenters. The number of aliphatic hydroxyl groups is 1. The van der Waals surface area contributed by atoms with Crippen molar-refractivity contribution in [3.05, 3.63) is 0 Å². The zero-order chi connectivity index (χ0) is 16.5. The van der Waals surface area contributed by atoms with E-state index in [1.165, 1.54) is 4.90 Å². The van der Waals surface area contributed by atoms with Crippen LogP contribution in [0.15, 0.2) is 0 Å². The van der Waals surface area contributed by atoms with E-state index in [9.17, 15) is 19.5 Å². The highest BCUT2D eigenvalue weighted by atomic mass is 16.6. The molecule has 0 saturated carbocycles. The summed E-state index contributed by atoms with van der Waals surface area (Å²) in [5, 5.41) is 29.7. The average Bonchev–Trinajstić information content (AvgIpc) is 2.35. The molecule has 1 saturated heterocycles. The predicted molar refractivity (Wildman–Crippen MR) is 73.1 cm³/mol. The number of ether oxygens (including phenoxy) is 1. The zero-order valence-corrected chi connectivity index (χ0v) is 12.1. The van der Waals surface area contributed by atoms with E-state index in [4.69, 9.17) is 10.2 Å². The fraction of sp³-hybridized carbons (Fsp3) is 0.750. The number of carboxylic acid groups (broad SMARTS) is 2. The zero-order valence-electron chi connectivity index (χ0n) is 12.1. The smallest absolute Gasteiger partial charge is 0.322 e. The Morgan fingerprint density at radius 1 is 1.27 bits per heavy atom. The number of aliphatic carboxylic acids is 2. The summed E-state index contributed by atoms with van der Waals surface area (Å²) >= 11 is 0. The number of β-amino-alcohol motifs (C(OH)–C–C–N with tert-alkyl or cyclic N) is 1. The molecule has 1 heterocycles. The molecule has 10 heteroatoms. The molecule has 0 bridgehead atoms. The van der Waals surface area contributed by atoms with Crippen LogP contribution in [0.25, 0.3) is 0 Å². The first kappa shape index (κ1) is 18.3. The number of morpholine rings is 1. The van der Waals surface area contributed by atoms with Crippen molar-refractivity contribution < 1.29 is 34.4 Å². The molecule has 1 aliphatic rings. The first-order valence-corrected chi connectivity index (χ1v) is 6.83.